The highest BCUT2D eigenvalue weighted by Crippen LogP contribution is 2.24. The molecule has 0 bridgehead atoms. The molecule has 1 amide bonds. The van der Waals surface area contributed by atoms with Crippen LogP contribution in [0.1, 0.15) is 39.2 Å². The van der Waals surface area contributed by atoms with Crippen LogP contribution in [-0.4, -0.2) is 32.8 Å². The molecule has 0 fully saturated rings. The molecule has 0 unspecified atom stereocenters. The Bertz CT molecular complexity index is 1190. The summed E-state index contributed by atoms with van der Waals surface area (Å²) >= 11 is 5.98. The van der Waals surface area contributed by atoms with Crippen molar-refractivity contribution in [3.63, 3.8) is 0 Å². The number of ketones is 1. The van der Waals surface area contributed by atoms with Crippen molar-refractivity contribution in [3.8, 4) is 0 Å². The quantitative estimate of drug-likeness (QED) is 0.474. The van der Waals surface area contributed by atoms with Gasteiger partial charge in [-0.05, 0) is 30.7 Å². The number of aromatic amines is 1. The molecule has 29 heavy (non-hydrogen) atoms. The van der Waals surface area contributed by atoms with Gasteiger partial charge in [0.25, 0.3) is 5.91 Å². The van der Waals surface area contributed by atoms with E-state index in [2.05, 4.69) is 15.3 Å². The molecule has 2 heterocycles. The lowest BCUT2D eigenvalue weighted by Crippen LogP contribution is -2.23. The van der Waals surface area contributed by atoms with Crippen molar-refractivity contribution in [1.29, 1.82) is 0 Å². The van der Waals surface area contributed by atoms with E-state index >= 15 is 0 Å². The fourth-order valence-electron chi connectivity index (χ4n) is 3.28. The van der Waals surface area contributed by atoms with Crippen molar-refractivity contribution in [3.05, 3.63) is 88.6 Å². The van der Waals surface area contributed by atoms with Crippen LogP contribution in [0.3, 0.4) is 0 Å². The smallest absolute Gasteiger partial charge is 0.269 e. The number of carbonyl (C=O) groups is 2. The van der Waals surface area contributed by atoms with Gasteiger partial charge in [-0.25, -0.2) is 4.98 Å². The van der Waals surface area contributed by atoms with E-state index in [1.807, 2.05) is 66.2 Å². The molecule has 0 radical (unpaired) electrons. The Balaban J connectivity index is 1.70. The molecule has 2 N–H and O–H groups in total. The second-order valence-electron chi connectivity index (χ2n) is 6.65. The van der Waals surface area contributed by atoms with Crippen molar-refractivity contribution in [2.75, 3.05) is 6.54 Å². The topological polar surface area (TPSA) is 79.8 Å². The zero-order chi connectivity index (χ0) is 20.4. The molecule has 0 atom stereocenters. The molecule has 0 aliphatic heterocycles. The number of halogens is 1. The number of aromatic nitrogens is 3. The highest BCUT2D eigenvalue weighted by Gasteiger charge is 2.20. The predicted molar refractivity (Wildman–Crippen MR) is 113 cm³/mol. The minimum absolute atomic E-state index is 0.139. The maximum absolute atomic E-state index is 13.1. The van der Waals surface area contributed by atoms with Crippen LogP contribution in [0.5, 0.6) is 0 Å². The lowest BCUT2D eigenvalue weighted by Gasteiger charge is -2.05. The third-order valence-electron chi connectivity index (χ3n) is 4.67. The van der Waals surface area contributed by atoms with Crippen LogP contribution in [0, 0.1) is 0 Å². The summed E-state index contributed by atoms with van der Waals surface area (Å²) in [6.07, 6.45) is 3.21. The van der Waals surface area contributed by atoms with Gasteiger partial charge in [0.05, 0.1) is 11.8 Å². The van der Waals surface area contributed by atoms with Crippen LogP contribution in [-0.2, 0) is 6.54 Å². The van der Waals surface area contributed by atoms with Crippen LogP contribution in [0.15, 0.2) is 60.9 Å². The third kappa shape index (κ3) is 3.79. The van der Waals surface area contributed by atoms with Crippen molar-refractivity contribution in [2.45, 2.75) is 13.5 Å². The van der Waals surface area contributed by atoms with Gasteiger partial charge in [-0.2, -0.15) is 0 Å². The molecule has 0 aliphatic rings. The summed E-state index contributed by atoms with van der Waals surface area (Å²) < 4.78 is 2.03. The first kappa shape index (κ1) is 19.0. The number of imidazole rings is 1. The number of benzene rings is 2. The van der Waals surface area contributed by atoms with E-state index in [-0.39, 0.29) is 23.2 Å². The second kappa shape index (κ2) is 7.93. The normalized spacial score (nSPS) is 11.0. The number of H-pyrrole nitrogens is 1. The summed E-state index contributed by atoms with van der Waals surface area (Å²) in [6, 6.07) is 15.3. The standard InChI is InChI=1S/C22H19ClN4O2/c1-2-24-22(29)18-11-25-21(26-18)20(28)17-13-27(19-6-4-3-5-16(17)19)12-14-7-9-15(23)10-8-14/h3-11,13H,2,12H2,1H3,(H,24,29)(H,25,26). The summed E-state index contributed by atoms with van der Waals surface area (Å²) in [5, 5.41) is 4.20. The fourth-order valence-corrected chi connectivity index (χ4v) is 3.41. The summed E-state index contributed by atoms with van der Waals surface area (Å²) in [6.45, 7) is 2.93. The fraction of sp³-hybridized carbons (Fsp3) is 0.136. The number of rotatable bonds is 6. The van der Waals surface area contributed by atoms with E-state index in [1.165, 1.54) is 6.20 Å². The van der Waals surface area contributed by atoms with Gasteiger partial charge in [-0.15, -0.1) is 0 Å². The summed E-state index contributed by atoms with van der Waals surface area (Å²) in [4.78, 5) is 32.0. The Morgan fingerprint density at radius 2 is 1.90 bits per heavy atom. The van der Waals surface area contributed by atoms with Gasteiger partial charge in [0.15, 0.2) is 5.82 Å². The lowest BCUT2D eigenvalue weighted by molar-refractivity contribution is 0.0951. The van der Waals surface area contributed by atoms with E-state index < -0.39 is 0 Å². The van der Waals surface area contributed by atoms with Crippen LogP contribution in [0.4, 0.5) is 0 Å². The first-order chi connectivity index (χ1) is 14.1. The molecule has 0 saturated heterocycles. The van der Waals surface area contributed by atoms with Crippen molar-refractivity contribution < 1.29 is 9.59 Å². The number of nitrogens with zero attached hydrogens (tertiary/aromatic N) is 2. The number of para-hydroxylation sites is 1. The second-order valence-corrected chi connectivity index (χ2v) is 7.08. The van der Waals surface area contributed by atoms with E-state index in [4.69, 9.17) is 11.6 Å². The van der Waals surface area contributed by atoms with E-state index in [0.29, 0.717) is 23.7 Å². The molecule has 4 rings (SSSR count). The Kier molecular flexibility index (Phi) is 5.18. The maximum atomic E-state index is 13.1. The van der Waals surface area contributed by atoms with Gasteiger partial charge < -0.3 is 14.9 Å². The number of nitrogens with one attached hydrogen (secondary N) is 2. The van der Waals surface area contributed by atoms with Gasteiger partial charge in [0.2, 0.25) is 5.78 Å². The van der Waals surface area contributed by atoms with E-state index in [1.54, 1.807) is 0 Å². The predicted octanol–water partition coefficient (Wildman–Crippen LogP) is 4.05. The molecule has 0 aliphatic carbocycles. The van der Waals surface area contributed by atoms with Crippen molar-refractivity contribution in [1.82, 2.24) is 19.9 Å². The number of carbonyl (C=O) groups excluding carboxylic acids is 2. The molecule has 146 valence electrons. The average Bonchev–Trinajstić information content (AvgIpc) is 3.35. The zero-order valence-electron chi connectivity index (χ0n) is 15.8. The molecule has 0 spiro atoms. The average molecular weight is 407 g/mol. The number of fused-ring (bicyclic) bond motifs is 1. The molecule has 7 heteroatoms. The van der Waals surface area contributed by atoms with Crippen LogP contribution in [0.25, 0.3) is 10.9 Å². The molecule has 2 aromatic carbocycles. The molecule has 2 aromatic heterocycles. The number of amides is 1. The highest BCUT2D eigenvalue weighted by molar-refractivity contribution is 6.30. The first-order valence-electron chi connectivity index (χ1n) is 9.27. The Hall–Kier alpha value is -3.38. The molecule has 4 aromatic rings. The molecule has 0 saturated carbocycles. The van der Waals surface area contributed by atoms with Gasteiger partial charge in [0.1, 0.15) is 5.69 Å². The van der Waals surface area contributed by atoms with Gasteiger partial charge in [-0.1, -0.05) is 41.9 Å². The van der Waals surface area contributed by atoms with Crippen molar-refractivity contribution in [2.24, 2.45) is 0 Å². The molecular formula is C22H19ClN4O2. The summed E-state index contributed by atoms with van der Waals surface area (Å²) in [5.41, 5.74) is 2.82. The minimum Gasteiger partial charge on any atom is -0.351 e. The summed E-state index contributed by atoms with van der Waals surface area (Å²) in [7, 11) is 0. The number of hydrogen-bond acceptors (Lipinski definition) is 3. The number of hydrogen-bond donors (Lipinski definition) is 2. The van der Waals surface area contributed by atoms with Gasteiger partial charge in [-0.3, -0.25) is 9.59 Å². The van der Waals surface area contributed by atoms with Crippen LogP contribution in [0.2, 0.25) is 5.02 Å². The van der Waals surface area contributed by atoms with E-state index in [0.717, 1.165) is 16.5 Å². The Morgan fingerprint density at radius 3 is 2.66 bits per heavy atom. The Labute approximate surface area is 172 Å². The largest absolute Gasteiger partial charge is 0.351 e. The van der Waals surface area contributed by atoms with Crippen LogP contribution < -0.4 is 5.32 Å². The minimum atomic E-state index is -0.288. The van der Waals surface area contributed by atoms with Crippen molar-refractivity contribution >= 4 is 34.2 Å². The molecular weight excluding hydrogens is 388 g/mol. The van der Waals surface area contributed by atoms with Crippen LogP contribution >= 0.6 is 11.6 Å². The highest BCUT2D eigenvalue weighted by atomic mass is 35.5. The summed E-state index contributed by atoms with van der Waals surface area (Å²) in [5.74, 6) is -0.406. The first-order valence-corrected chi connectivity index (χ1v) is 9.65. The van der Waals surface area contributed by atoms with Gasteiger partial charge in [0, 0.05) is 35.2 Å². The maximum Gasteiger partial charge on any atom is 0.269 e. The Morgan fingerprint density at radius 1 is 1.14 bits per heavy atom. The van der Waals surface area contributed by atoms with Gasteiger partial charge >= 0.3 is 0 Å². The lowest BCUT2D eigenvalue weighted by atomic mass is 10.1. The molecule has 6 nitrogen and oxygen atoms in total. The van der Waals surface area contributed by atoms with E-state index in [9.17, 15) is 9.59 Å². The monoisotopic (exact) mass is 406 g/mol. The third-order valence-corrected chi connectivity index (χ3v) is 4.92. The zero-order valence-corrected chi connectivity index (χ0v) is 16.5. The SMILES string of the molecule is CCNC(=O)c1cnc(C(=O)c2cn(Cc3ccc(Cl)cc3)c3ccccc23)[nH]1.